The zero-order valence-electron chi connectivity index (χ0n) is 9.29. The van der Waals surface area contributed by atoms with E-state index < -0.39 is 35.8 Å². The molecule has 20 heavy (non-hydrogen) atoms. The van der Waals surface area contributed by atoms with Crippen LogP contribution in [0.1, 0.15) is 0 Å². The summed E-state index contributed by atoms with van der Waals surface area (Å²) in [5.41, 5.74) is 0. The van der Waals surface area contributed by atoms with E-state index in [4.69, 9.17) is 49.8 Å². The van der Waals surface area contributed by atoms with Gasteiger partial charge in [0.25, 0.3) is 0 Å². The quantitative estimate of drug-likeness (QED) is 0.241. The van der Waals surface area contributed by atoms with Gasteiger partial charge in [0.15, 0.2) is 0 Å². The largest absolute Gasteiger partial charge is 0.478 e. The van der Waals surface area contributed by atoms with Gasteiger partial charge in [-0.3, -0.25) is 0 Å². The second-order valence-electron chi connectivity index (χ2n) is 2.23. The van der Waals surface area contributed by atoms with Crippen molar-refractivity contribution in [1.82, 2.24) is 0 Å². The third-order valence-corrected chi connectivity index (χ3v) is 0.734. The Bertz CT molecular complexity index is 367. The van der Waals surface area contributed by atoms with Crippen molar-refractivity contribution < 1.29 is 59.4 Å². The molecule has 0 bridgehead atoms. The van der Waals surface area contributed by atoms with Crippen LogP contribution in [0.4, 0.5) is 0 Å². The zero-order valence-corrected chi connectivity index (χ0v) is 9.29. The molecule has 0 unspecified atom stereocenters. The van der Waals surface area contributed by atoms with Gasteiger partial charge < -0.3 is 30.6 Å². The molecule has 0 aliphatic rings. The lowest BCUT2D eigenvalue weighted by atomic mass is 10.5. The molecular formula is C8H8O12. The molecule has 0 atom stereocenters. The van der Waals surface area contributed by atoms with Gasteiger partial charge in [-0.1, -0.05) is 0 Å². The lowest BCUT2D eigenvalue weighted by Gasteiger charge is -1.74. The molecule has 0 aromatic carbocycles. The topological polar surface area (TPSA) is 224 Å². The summed E-state index contributed by atoms with van der Waals surface area (Å²) in [7, 11) is 0. The normalized spacial score (nSPS) is 8.20. The van der Waals surface area contributed by atoms with Gasteiger partial charge in [-0.05, 0) is 0 Å². The standard InChI is InChI=1S/C4H4O4.2C2H2O4/c5-3(6)1-2-4(7)8;2*3-1(4)2(5)6/h1-2H,(H,5,6)(H,7,8);2*(H,3,4)(H,5,6)/b2-1+;;. The van der Waals surface area contributed by atoms with Crippen LogP contribution in [0.2, 0.25) is 0 Å². The second kappa shape index (κ2) is 12.0. The molecule has 6 N–H and O–H groups in total. The summed E-state index contributed by atoms with van der Waals surface area (Å²) in [6, 6.07) is 0. The summed E-state index contributed by atoms with van der Waals surface area (Å²) < 4.78 is 0. The molecule has 0 saturated heterocycles. The summed E-state index contributed by atoms with van der Waals surface area (Å²) >= 11 is 0. The highest BCUT2D eigenvalue weighted by atomic mass is 16.4. The molecule has 0 fully saturated rings. The minimum Gasteiger partial charge on any atom is -0.478 e. The van der Waals surface area contributed by atoms with Gasteiger partial charge >= 0.3 is 35.8 Å². The van der Waals surface area contributed by atoms with Gasteiger partial charge in [0, 0.05) is 12.2 Å². The maximum Gasteiger partial charge on any atom is 0.414 e. The highest BCUT2D eigenvalue weighted by Crippen LogP contribution is 1.70. The zero-order chi connectivity index (χ0) is 16.9. The molecule has 0 amide bonds. The average molecular weight is 296 g/mol. The lowest BCUT2D eigenvalue weighted by Crippen LogP contribution is -2.09. The summed E-state index contributed by atoms with van der Waals surface area (Å²) in [5, 5.41) is 45.2. The fourth-order valence-corrected chi connectivity index (χ4v) is 0.143. The van der Waals surface area contributed by atoms with E-state index >= 15 is 0 Å². The fraction of sp³-hybridized carbons (Fsp3) is 0. The van der Waals surface area contributed by atoms with E-state index in [0.29, 0.717) is 12.2 Å². The third-order valence-electron chi connectivity index (χ3n) is 0.734. The summed E-state index contributed by atoms with van der Waals surface area (Å²) in [6.07, 6.45) is 1.12. The SMILES string of the molecule is O=C(O)/C=C/C(=O)O.O=C(O)C(=O)O.O=C(O)C(=O)O. The van der Waals surface area contributed by atoms with Crippen LogP contribution < -0.4 is 0 Å². The number of carboxylic acids is 6. The number of carbonyl (C=O) groups is 6. The lowest BCUT2D eigenvalue weighted by molar-refractivity contribution is -0.159. The van der Waals surface area contributed by atoms with E-state index in [-0.39, 0.29) is 0 Å². The molecule has 12 nitrogen and oxygen atoms in total. The van der Waals surface area contributed by atoms with E-state index in [1.165, 1.54) is 0 Å². The molecule has 0 aliphatic heterocycles. The van der Waals surface area contributed by atoms with Crippen molar-refractivity contribution in [2.24, 2.45) is 0 Å². The molecular weight excluding hydrogens is 288 g/mol. The maximum absolute atomic E-state index is 9.55. The van der Waals surface area contributed by atoms with Crippen LogP contribution in [0.5, 0.6) is 0 Å². The summed E-state index contributed by atoms with van der Waals surface area (Å²) in [6.45, 7) is 0. The van der Waals surface area contributed by atoms with Crippen LogP contribution in [0.25, 0.3) is 0 Å². The predicted molar refractivity (Wildman–Crippen MR) is 55.0 cm³/mol. The first-order valence-corrected chi connectivity index (χ1v) is 3.98. The van der Waals surface area contributed by atoms with Crippen LogP contribution in [0.15, 0.2) is 12.2 Å². The molecule has 0 radical (unpaired) electrons. The van der Waals surface area contributed by atoms with Crippen molar-refractivity contribution in [2.75, 3.05) is 0 Å². The van der Waals surface area contributed by atoms with Crippen molar-refractivity contribution in [3.63, 3.8) is 0 Å². The molecule has 0 aromatic heterocycles. The van der Waals surface area contributed by atoms with Crippen LogP contribution in [0.3, 0.4) is 0 Å². The second-order valence-corrected chi connectivity index (χ2v) is 2.23. The molecule has 0 spiro atoms. The Kier molecular flexibility index (Phi) is 13.1. The van der Waals surface area contributed by atoms with Crippen molar-refractivity contribution in [2.45, 2.75) is 0 Å². The highest BCUT2D eigenvalue weighted by molar-refractivity contribution is 6.27. The highest BCUT2D eigenvalue weighted by Gasteiger charge is 2.04. The van der Waals surface area contributed by atoms with Gasteiger partial charge in [-0.2, -0.15) is 0 Å². The Morgan fingerprint density at radius 1 is 0.450 bits per heavy atom. The van der Waals surface area contributed by atoms with E-state index in [0.717, 1.165) is 0 Å². The number of rotatable bonds is 2. The van der Waals surface area contributed by atoms with Crippen LogP contribution >= 0.6 is 0 Å². The van der Waals surface area contributed by atoms with Gasteiger partial charge in [0.2, 0.25) is 0 Å². The van der Waals surface area contributed by atoms with Gasteiger partial charge in [0.05, 0.1) is 0 Å². The summed E-state index contributed by atoms with van der Waals surface area (Å²) in [4.78, 5) is 55.5. The third kappa shape index (κ3) is 29.3. The van der Waals surface area contributed by atoms with E-state index in [9.17, 15) is 9.59 Å². The smallest absolute Gasteiger partial charge is 0.414 e. The van der Waals surface area contributed by atoms with Gasteiger partial charge in [0.1, 0.15) is 0 Å². The Morgan fingerprint density at radius 3 is 0.650 bits per heavy atom. The first-order valence-electron chi connectivity index (χ1n) is 3.98. The monoisotopic (exact) mass is 296 g/mol. The number of aliphatic carboxylic acids is 6. The van der Waals surface area contributed by atoms with E-state index in [1.807, 2.05) is 0 Å². The average Bonchev–Trinajstić information content (AvgIpc) is 2.27. The molecule has 0 aliphatic carbocycles. The van der Waals surface area contributed by atoms with Crippen LogP contribution in [0, 0.1) is 0 Å². The van der Waals surface area contributed by atoms with Gasteiger partial charge in [-0.25, -0.2) is 28.8 Å². The minimum absolute atomic E-state index is 0.558. The number of hydrogen-bond donors (Lipinski definition) is 6. The van der Waals surface area contributed by atoms with Crippen molar-refractivity contribution in [3.05, 3.63) is 12.2 Å². The minimum atomic E-state index is -1.82. The fourth-order valence-electron chi connectivity index (χ4n) is 0.143. The molecule has 12 heteroatoms. The van der Waals surface area contributed by atoms with Crippen LogP contribution in [-0.2, 0) is 28.8 Å². The maximum atomic E-state index is 9.55. The van der Waals surface area contributed by atoms with Gasteiger partial charge in [-0.15, -0.1) is 0 Å². The van der Waals surface area contributed by atoms with E-state index in [2.05, 4.69) is 0 Å². The Labute approximate surface area is 108 Å². The molecule has 112 valence electrons. The number of carboxylic acid groups (broad SMARTS) is 6. The summed E-state index contributed by atoms with van der Waals surface area (Å²) in [5.74, 6) is -9.81. The molecule has 0 heterocycles. The Balaban J connectivity index is -0.000000221. The molecule has 0 saturated carbocycles. The van der Waals surface area contributed by atoms with Crippen molar-refractivity contribution in [1.29, 1.82) is 0 Å². The number of hydrogen-bond acceptors (Lipinski definition) is 6. The first-order chi connectivity index (χ1) is 8.91. The van der Waals surface area contributed by atoms with Crippen molar-refractivity contribution in [3.8, 4) is 0 Å². The van der Waals surface area contributed by atoms with Crippen molar-refractivity contribution >= 4 is 35.8 Å². The Hall–Kier alpha value is -3.44. The van der Waals surface area contributed by atoms with E-state index in [1.54, 1.807) is 0 Å². The predicted octanol–water partition coefficient (Wildman–Crippen LogP) is -1.98. The molecule has 0 aromatic rings. The molecule has 0 rings (SSSR count). The Morgan fingerprint density at radius 2 is 0.600 bits per heavy atom. The van der Waals surface area contributed by atoms with Crippen LogP contribution in [-0.4, -0.2) is 66.5 Å². The first kappa shape index (κ1) is 21.8.